The average Bonchev–Trinajstić information content (AvgIpc) is 3.13. The van der Waals surface area contributed by atoms with Crippen LogP contribution in [0.15, 0.2) is 41.8 Å². The summed E-state index contributed by atoms with van der Waals surface area (Å²) in [6, 6.07) is 11.1. The number of aryl methyl sites for hydroxylation is 1. The maximum absolute atomic E-state index is 13.1. The van der Waals surface area contributed by atoms with E-state index >= 15 is 0 Å². The van der Waals surface area contributed by atoms with Crippen molar-refractivity contribution in [1.82, 2.24) is 5.32 Å². The molecule has 1 aromatic heterocycles. The lowest BCUT2D eigenvalue weighted by Crippen LogP contribution is -2.52. The Morgan fingerprint density at radius 3 is 2.67 bits per heavy atom. The Balaban J connectivity index is 1.82. The highest BCUT2D eigenvalue weighted by atomic mass is 32.1. The lowest BCUT2D eigenvalue weighted by Gasteiger charge is -2.33. The molecule has 2 amide bonds. The SMILES string of the molecule is CC(C)C(NC(=O)c1cccs1)C(=O)N1CCCc2ccccc21. The number of benzene rings is 1. The topological polar surface area (TPSA) is 49.4 Å². The Kier molecular flexibility index (Phi) is 5.00. The molecule has 1 unspecified atom stereocenters. The van der Waals surface area contributed by atoms with Gasteiger partial charge < -0.3 is 10.2 Å². The summed E-state index contributed by atoms with van der Waals surface area (Å²) < 4.78 is 0. The number of thiophene rings is 1. The predicted octanol–water partition coefficient (Wildman–Crippen LogP) is 3.48. The van der Waals surface area contributed by atoms with Gasteiger partial charge in [0.1, 0.15) is 6.04 Å². The second kappa shape index (κ2) is 7.18. The summed E-state index contributed by atoms with van der Waals surface area (Å²) in [6.07, 6.45) is 1.94. The monoisotopic (exact) mass is 342 g/mol. The fraction of sp³-hybridized carbons (Fsp3) is 0.368. The summed E-state index contributed by atoms with van der Waals surface area (Å²) in [7, 11) is 0. The van der Waals surface area contributed by atoms with Gasteiger partial charge in [0.2, 0.25) is 5.91 Å². The molecule has 2 aromatic rings. The maximum Gasteiger partial charge on any atom is 0.262 e. The first kappa shape index (κ1) is 16.7. The van der Waals surface area contributed by atoms with Crippen molar-refractivity contribution >= 4 is 28.8 Å². The number of para-hydroxylation sites is 1. The Morgan fingerprint density at radius 2 is 1.96 bits per heavy atom. The number of carbonyl (C=O) groups excluding carboxylic acids is 2. The lowest BCUT2D eigenvalue weighted by atomic mass is 9.97. The van der Waals surface area contributed by atoms with Crippen molar-refractivity contribution in [3.05, 3.63) is 52.2 Å². The molecule has 0 saturated carbocycles. The molecule has 2 heterocycles. The van der Waals surface area contributed by atoms with Crippen molar-refractivity contribution in [3.63, 3.8) is 0 Å². The highest BCUT2D eigenvalue weighted by molar-refractivity contribution is 7.12. The molecule has 1 aromatic carbocycles. The summed E-state index contributed by atoms with van der Waals surface area (Å²) >= 11 is 1.38. The highest BCUT2D eigenvalue weighted by Crippen LogP contribution is 2.28. The van der Waals surface area contributed by atoms with Crippen LogP contribution in [0.3, 0.4) is 0 Å². The molecule has 1 aliphatic heterocycles. The van der Waals surface area contributed by atoms with E-state index in [4.69, 9.17) is 0 Å². The van der Waals surface area contributed by atoms with E-state index in [1.165, 1.54) is 16.9 Å². The summed E-state index contributed by atoms with van der Waals surface area (Å²) in [5.74, 6) is -0.181. The molecule has 1 aliphatic rings. The summed E-state index contributed by atoms with van der Waals surface area (Å²) in [4.78, 5) is 28.0. The van der Waals surface area contributed by atoms with E-state index < -0.39 is 6.04 Å². The third kappa shape index (κ3) is 3.36. The molecule has 0 bridgehead atoms. The molecule has 1 atom stereocenters. The van der Waals surface area contributed by atoms with Gasteiger partial charge in [-0.15, -0.1) is 11.3 Å². The van der Waals surface area contributed by atoms with Crippen LogP contribution in [0.4, 0.5) is 5.69 Å². The number of amides is 2. The molecule has 0 spiro atoms. The van der Waals surface area contributed by atoms with Gasteiger partial charge in [-0.25, -0.2) is 0 Å². The van der Waals surface area contributed by atoms with E-state index in [2.05, 4.69) is 11.4 Å². The van der Waals surface area contributed by atoms with Crippen molar-refractivity contribution in [2.45, 2.75) is 32.7 Å². The largest absolute Gasteiger partial charge is 0.339 e. The molecule has 126 valence electrons. The normalized spacial score (nSPS) is 15.0. The average molecular weight is 342 g/mol. The molecule has 1 N–H and O–H groups in total. The molecular weight excluding hydrogens is 320 g/mol. The zero-order valence-corrected chi connectivity index (χ0v) is 14.8. The molecule has 0 aliphatic carbocycles. The standard InChI is InChI=1S/C19H22N2O2S/c1-13(2)17(20-18(22)16-10-6-12-24-16)19(23)21-11-5-8-14-7-3-4-9-15(14)21/h3-4,6-7,9-10,12-13,17H,5,8,11H2,1-2H3,(H,20,22). The third-order valence-corrected chi connectivity index (χ3v) is 5.21. The van der Waals surface area contributed by atoms with E-state index in [0.29, 0.717) is 11.4 Å². The van der Waals surface area contributed by atoms with Crippen LogP contribution >= 0.6 is 11.3 Å². The zero-order chi connectivity index (χ0) is 17.1. The number of rotatable bonds is 4. The number of nitrogens with one attached hydrogen (secondary N) is 1. The maximum atomic E-state index is 13.1. The molecular formula is C19H22N2O2S. The van der Waals surface area contributed by atoms with Crippen LogP contribution in [0.5, 0.6) is 0 Å². The minimum Gasteiger partial charge on any atom is -0.339 e. The minimum atomic E-state index is -0.522. The fourth-order valence-corrected chi connectivity index (χ4v) is 3.69. The Bertz CT molecular complexity index is 725. The smallest absolute Gasteiger partial charge is 0.262 e. The van der Waals surface area contributed by atoms with Crippen LogP contribution < -0.4 is 10.2 Å². The number of hydrogen-bond donors (Lipinski definition) is 1. The van der Waals surface area contributed by atoms with Crippen LogP contribution in [-0.2, 0) is 11.2 Å². The Labute approximate surface area is 146 Å². The van der Waals surface area contributed by atoms with Gasteiger partial charge in [-0.3, -0.25) is 9.59 Å². The van der Waals surface area contributed by atoms with E-state index in [0.717, 1.165) is 18.5 Å². The van der Waals surface area contributed by atoms with E-state index in [1.807, 2.05) is 48.4 Å². The van der Waals surface area contributed by atoms with Crippen molar-refractivity contribution in [1.29, 1.82) is 0 Å². The summed E-state index contributed by atoms with van der Waals surface area (Å²) in [5.41, 5.74) is 2.17. The van der Waals surface area contributed by atoms with Crippen molar-refractivity contribution in [2.75, 3.05) is 11.4 Å². The molecule has 4 nitrogen and oxygen atoms in total. The van der Waals surface area contributed by atoms with Gasteiger partial charge in [0.25, 0.3) is 5.91 Å². The van der Waals surface area contributed by atoms with Gasteiger partial charge >= 0.3 is 0 Å². The Hall–Kier alpha value is -2.14. The van der Waals surface area contributed by atoms with Crippen LogP contribution in [0.25, 0.3) is 0 Å². The second-order valence-electron chi connectivity index (χ2n) is 6.39. The van der Waals surface area contributed by atoms with Crippen molar-refractivity contribution in [2.24, 2.45) is 5.92 Å². The zero-order valence-electron chi connectivity index (χ0n) is 14.0. The van der Waals surface area contributed by atoms with Gasteiger partial charge in [0.05, 0.1) is 4.88 Å². The molecule has 24 heavy (non-hydrogen) atoms. The molecule has 0 fully saturated rings. The molecule has 0 radical (unpaired) electrons. The second-order valence-corrected chi connectivity index (χ2v) is 7.34. The quantitative estimate of drug-likeness (QED) is 0.925. The number of anilines is 1. The van der Waals surface area contributed by atoms with Crippen molar-refractivity contribution < 1.29 is 9.59 Å². The van der Waals surface area contributed by atoms with Gasteiger partial charge in [-0.1, -0.05) is 38.1 Å². The van der Waals surface area contributed by atoms with E-state index in [-0.39, 0.29) is 17.7 Å². The summed E-state index contributed by atoms with van der Waals surface area (Å²) in [5, 5.41) is 4.79. The van der Waals surface area contributed by atoms with Crippen LogP contribution in [0.2, 0.25) is 0 Å². The van der Waals surface area contributed by atoms with E-state index in [9.17, 15) is 9.59 Å². The first-order chi connectivity index (χ1) is 11.6. The Morgan fingerprint density at radius 1 is 1.17 bits per heavy atom. The number of carbonyl (C=O) groups is 2. The predicted molar refractivity (Wildman–Crippen MR) is 97.5 cm³/mol. The number of fused-ring (bicyclic) bond motifs is 1. The van der Waals surface area contributed by atoms with Gasteiger partial charge in [-0.2, -0.15) is 0 Å². The lowest BCUT2D eigenvalue weighted by molar-refractivity contribution is -0.121. The van der Waals surface area contributed by atoms with Crippen LogP contribution in [0.1, 0.15) is 35.5 Å². The molecule has 0 saturated heterocycles. The van der Waals surface area contributed by atoms with Crippen molar-refractivity contribution in [3.8, 4) is 0 Å². The number of nitrogens with zero attached hydrogens (tertiary/aromatic N) is 1. The number of hydrogen-bond acceptors (Lipinski definition) is 3. The van der Waals surface area contributed by atoms with Crippen LogP contribution in [0, 0.1) is 5.92 Å². The van der Waals surface area contributed by atoms with E-state index in [1.54, 1.807) is 6.07 Å². The first-order valence-corrected chi connectivity index (χ1v) is 9.19. The highest BCUT2D eigenvalue weighted by Gasteiger charge is 2.31. The first-order valence-electron chi connectivity index (χ1n) is 8.31. The third-order valence-electron chi connectivity index (χ3n) is 4.34. The fourth-order valence-electron chi connectivity index (χ4n) is 3.06. The van der Waals surface area contributed by atoms with Gasteiger partial charge in [0, 0.05) is 12.2 Å². The minimum absolute atomic E-state index is 0.0236. The van der Waals surface area contributed by atoms with Gasteiger partial charge in [-0.05, 0) is 41.8 Å². The molecule has 5 heteroatoms. The summed E-state index contributed by atoms with van der Waals surface area (Å²) in [6.45, 7) is 4.63. The van der Waals surface area contributed by atoms with Crippen LogP contribution in [-0.4, -0.2) is 24.4 Å². The van der Waals surface area contributed by atoms with Gasteiger partial charge in [0.15, 0.2) is 0 Å². The molecule has 3 rings (SSSR count).